The molecule has 0 heterocycles. The molecule has 0 saturated heterocycles. The topological polar surface area (TPSA) is 75.7 Å². The van der Waals surface area contributed by atoms with Gasteiger partial charge in [0.05, 0.1) is 18.7 Å². The normalized spacial score (nSPS) is 17.0. The number of likely N-dealkylation sites (N-methyl/N-ethyl adjacent to an activating group) is 1. The lowest BCUT2D eigenvalue weighted by Crippen LogP contribution is -2.52. The molecule has 0 aromatic carbocycles. The third kappa shape index (κ3) is 6.75. The average Bonchev–Trinajstić information content (AvgIpc) is 2.66. The monoisotopic (exact) mass is 364 g/mol. The van der Waals surface area contributed by atoms with E-state index in [1.807, 2.05) is 6.92 Å². The Morgan fingerprint density at radius 3 is 2.62 bits per heavy atom. The first-order valence-electron chi connectivity index (χ1n) is 9.44. The number of hydrogen-bond acceptors (Lipinski definition) is 5. The zero-order valence-corrected chi connectivity index (χ0v) is 16.4. The van der Waals surface area contributed by atoms with Crippen LogP contribution < -0.4 is 5.32 Å². The van der Waals surface area contributed by atoms with Gasteiger partial charge in [0, 0.05) is 7.05 Å². The Balaban J connectivity index is 2.72. The Bertz CT molecular complexity index is 542. The second-order valence-corrected chi connectivity index (χ2v) is 6.55. The molecule has 1 aliphatic rings. The molecule has 6 heteroatoms. The molecular formula is C20H32N2O4. The maximum absolute atomic E-state index is 12.6. The largest absolute Gasteiger partial charge is 0.465 e. The first kappa shape index (κ1) is 22.1. The van der Waals surface area contributed by atoms with Crippen LogP contribution in [0.25, 0.3) is 0 Å². The van der Waals surface area contributed by atoms with Gasteiger partial charge in [0.25, 0.3) is 0 Å². The van der Waals surface area contributed by atoms with Crippen LogP contribution in [0, 0.1) is 0 Å². The van der Waals surface area contributed by atoms with Gasteiger partial charge in [-0.2, -0.15) is 0 Å². The highest BCUT2D eigenvalue weighted by Gasteiger charge is 2.28. The van der Waals surface area contributed by atoms with Crippen molar-refractivity contribution in [2.45, 2.75) is 71.0 Å². The van der Waals surface area contributed by atoms with Gasteiger partial charge >= 0.3 is 5.97 Å². The lowest BCUT2D eigenvalue weighted by molar-refractivity contribution is -0.146. The van der Waals surface area contributed by atoms with Crippen LogP contribution >= 0.6 is 0 Å². The van der Waals surface area contributed by atoms with Gasteiger partial charge in [-0.1, -0.05) is 30.7 Å². The second-order valence-electron chi connectivity index (χ2n) is 6.55. The lowest BCUT2D eigenvalue weighted by atomic mass is 9.99. The van der Waals surface area contributed by atoms with Crippen molar-refractivity contribution in [1.29, 1.82) is 0 Å². The molecule has 0 saturated carbocycles. The summed E-state index contributed by atoms with van der Waals surface area (Å²) in [5.74, 6) is -0.562. The number of hydrogen-bond donors (Lipinski definition) is 1. The number of nitrogens with one attached hydrogen (secondary N) is 1. The van der Waals surface area contributed by atoms with Crippen LogP contribution in [0.5, 0.6) is 0 Å². The number of rotatable bonds is 11. The standard InChI is InChI=1S/C20H32N2O4/c1-5-17(14-23)22(4)19(24)15(3)21-18(20(25)26-6-2)13-12-16-10-8-7-9-11-16/h8,10-11,14-15,17-18,21H,5-7,9,12-13H2,1-4H3/t15-,17-,18-/m0/s1. The van der Waals surface area contributed by atoms with Crippen LogP contribution in [-0.4, -0.2) is 54.8 Å². The highest BCUT2D eigenvalue weighted by atomic mass is 16.5. The molecule has 0 aromatic heterocycles. The number of ether oxygens (including phenoxy) is 1. The van der Waals surface area contributed by atoms with Crippen molar-refractivity contribution in [2.24, 2.45) is 0 Å². The number of esters is 1. The summed E-state index contributed by atoms with van der Waals surface area (Å²) in [5, 5.41) is 3.09. The smallest absolute Gasteiger partial charge is 0.323 e. The minimum atomic E-state index is -0.584. The van der Waals surface area contributed by atoms with Gasteiger partial charge in [-0.3, -0.25) is 14.9 Å². The van der Waals surface area contributed by atoms with Crippen molar-refractivity contribution in [3.8, 4) is 0 Å². The third-order valence-electron chi connectivity index (χ3n) is 4.61. The molecule has 0 aromatic rings. The number of carbonyl (C=O) groups excluding carboxylic acids is 3. The number of amides is 1. The minimum Gasteiger partial charge on any atom is -0.465 e. The summed E-state index contributed by atoms with van der Waals surface area (Å²) in [6, 6.07) is -1.60. The van der Waals surface area contributed by atoms with Gasteiger partial charge in [-0.25, -0.2) is 0 Å². The average molecular weight is 364 g/mol. The van der Waals surface area contributed by atoms with Crippen LogP contribution in [0.3, 0.4) is 0 Å². The Morgan fingerprint density at radius 1 is 1.35 bits per heavy atom. The molecule has 3 atom stereocenters. The molecule has 26 heavy (non-hydrogen) atoms. The highest BCUT2D eigenvalue weighted by Crippen LogP contribution is 2.17. The first-order chi connectivity index (χ1) is 12.4. The summed E-state index contributed by atoms with van der Waals surface area (Å²) in [6.07, 6.45) is 11.1. The summed E-state index contributed by atoms with van der Waals surface area (Å²) in [4.78, 5) is 37.4. The van der Waals surface area contributed by atoms with Gasteiger partial charge in [0.2, 0.25) is 5.91 Å². The quantitative estimate of drug-likeness (QED) is 0.450. The van der Waals surface area contributed by atoms with Crippen LogP contribution in [-0.2, 0) is 19.1 Å². The molecule has 0 fully saturated rings. The third-order valence-corrected chi connectivity index (χ3v) is 4.61. The van der Waals surface area contributed by atoms with E-state index in [0.717, 1.165) is 25.5 Å². The Kier molecular flexibility index (Phi) is 9.88. The predicted octanol–water partition coefficient (Wildman–Crippen LogP) is 2.39. The molecule has 0 unspecified atom stereocenters. The van der Waals surface area contributed by atoms with E-state index < -0.39 is 18.1 Å². The summed E-state index contributed by atoms with van der Waals surface area (Å²) >= 11 is 0. The molecule has 0 spiro atoms. The van der Waals surface area contributed by atoms with E-state index in [4.69, 9.17) is 4.74 Å². The van der Waals surface area contributed by atoms with Gasteiger partial charge in [-0.05, 0) is 46.0 Å². The predicted molar refractivity (Wildman–Crippen MR) is 102 cm³/mol. The summed E-state index contributed by atoms with van der Waals surface area (Å²) in [6.45, 7) is 5.63. The van der Waals surface area contributed by atoms with Crippen molar-refractivity contribution in [2.75, 3.05) is 13.7 Å². The molecule has 146 valence electrons. The van der Waals surface area contributed by atoms with Crippen LogP contribution in [0.2, 0.25) is 0 Å². The fourth-order valence-electron chi connectivity index (χ4n) is 2.98. The molecule has 0 aliphatic heterocycles. The van der Waals surface area contributed by atoms with Crippen molar-refractivity contribution in [3.05, 3.63) is 23.8 Å². The van der Waals surface area contributed by atoms with Crippen LogP contribution in [0.4, 0.5) is 0 Å². The first-order valence-corrected chi connectivity index (χ1v) is 9.44. The molecule has 0 bridgehead atoms. The van der Waals surface area contributed by atoms with Crippen molar-refractivity contribution in [3.63, 3.8) is 0 Å². The summed E-state index contributed by atoms with van der Waals surface area (Å²) in [7, 11) is 1.61. The van der Waals surface area contributed by atoms with Gasteiger partial charge in [0.15, 0.2) is 0 Å². The Labute approximate surface area is 156 Å². The van der Waals surface area contributed by atoms with E-state index in [-0.39, 0.29) is 11.9 Å². The van der Waals surface area contributed by atoms with Crippen molar-refractivity contribution in [1.82, 2.24) is 10.2 Å². The molecule has 0 radical (unpaired) electrons. The molecule has 1 amide bonds. The summed E-state index contributed by atoms with van der Waals surface area (Å²) < 4.78 is 5.15. The number of carbonyl (C=O) groups is 3. The van der Waals surface area contributed by atoms with E-state index in [2.05, 4.69) is 23.5 Å². The number of allylic oxidation sites excluding steroid dienone is 4. The second kappa shape index (κ2) is 11.6. The summed E-state index contributed by atoms with van der Waals surface area (Å²) in [5.41, 5.74) is 1.20. The Hall–Kier alpha value is -1.95. The van der Waals surface area contributed by atoms with Crippen LogP contribution in [0.15, 0.2) is 23.8 Å². The molecule has 1 aliphatic carbocycles. The number of aldehydes is 1. The SMILES string of the molecule is CCOC(=O)[C@H](CCC1=CCCC=C1)N[C@@H](C)C(=O)N(C)[C@H](C=O)CC. The minimum absolute atomic E-state index is 0.213. The number of nitrogens with zero attached hydrogens (tertiary/aromatic N) is 1. The maximum Gasteiger partial charge on any atom is 0.323 e. The van der Waals surface area contributed by atoms with E-state index in [0.29, 0.717) is 19.4 Å². The van der Waals surface area contributed by atoms with E-state index >= 15 is 0 Å². The molecule has 6 nitrogen and oxygen atoms in total. The van der Waals surface area contributed by atoms with E-state index in [1.165, 1.54) is 10.5 Å². The molecule has 1 rings (SSSR count). The fraction of sp³-hybridized carbons (Fsp3) is 0.650. The Morgan fingerprint density at radius 2 is 2.08 bits per heavy atom. The van der Waals surface area contributed by atoms with E-state index in [1.54, 1.807) is 20.9 Å². The van der Waals surface area contributed by atoms with Gasteiger partial charge in [0.1, 0.15) is 12.3 Å². The van der Waals surface area contributed by atoms with Gasteiger partial charge < -0.3 is 14.4 Å². The zero-order chi connectivity index (χ0) is 19.5. The van der Waals surface area contributed by atoms with Crippen molar-refractivity contribution < 1.29 is 19.1 Å². The van der Waals surface area contributed by atoms with Crippen molar-refractivity contribution >= 4 is 18.2 Å². The lowest BCUT2D eigenvalue weighted by Gasteiger charge is -2.28. The van der Waals surface area contributed by atoms with Gasteiger partial charge in [-0.15, -0.1) is 0 Å². The highest BCUT2D eigenvalue weighted by molar-refractivity contribution is 5.85. The molecular weight excluding hydrogens is 332 g/mol. The fourth-order valence-corrected chi connectivity index (χ4v) is 2.98. The van der Waals surface area contributed by atoms with E-state index in [9.17, 15) is 14.4 Å². The molecule has 1 N–H and O–H groups in total. The maximum atomic E-state index is 12.6. The zero-order valence-electron chi connectivity index (χ0n) is 16.4. The van der Waals surface area contributed by atoms with Crippen LogP contribution in [0.1, 0.15) is 52.9 Å².